The molecule has 0 radical (unpaired) electrons. The van der Waals surface area contributed by atoms with Crippen LogP contribution in [0, 0.1) is 5.92 Å². The number of carbonyl (C=O) groups is 2. The van der Waals surface area contributed by atoms with Gasteiger partial charge in [-0.25, -0.2) is 0 Å². The molecule has 1 aromatic rings. The smallest absolute Gasteiger partial charge is 0.222 e. The van der Waals surface area contributed by atoms with Crippen LogP contribution in [0.1, 0.15) is 86.9 Å². The van der Waals surface area contributed by atoms with Crippen molar-refractivity contribution in [3.8, 4) is 0 Å². The molecule has 25 heavy (non-hydrogen) atoms. The third-order valence-corrected chi connectivity index (χ3v) is 5.37. The van der Waals surface area contributed by atoms with Crippen LogP contribution in [-0.2, 0) is 4.79 Å². The Balaban J connectivity index is 1.39. The molecule has 1 amide bonds. The Hall–Kier alpha value is -1.69. The fourth-order valence-corrected chi connectivity index (χ4v) is 3.50. The van der Waals surface area contributed by atoms with Crippen LogP contribution in [0.5, 0.6) is 0 Å². The van der Waals surface area contributed by atoms with Crippen molar-refractivity contribution in [2.45, 2.75) is 82.8 Å². The van der Waals surface area contributed by atoms with Gasteiger partial charge in [0.1, 0.15) is 11.5 Å². The topological polar surface area (TPSA) is 92.4 Å². The van der Waals surface area contributed by atoms with E-state index in [0.717, 1.165) is 44.3 Å². The molecule has 1 heterocycles. The lowest BCUT2D eigenvalue weighted by molar-refractivity contribution is -0.124. The van der Waals surface area contributed by atoms with Gasteiger partial charge in [0, 0.05) is 24.4 Å². The minimum atomic E-state index is -0.558. The number of amides is 1. The molecule has 0 spiro atoms. The number of aromatic nitrogens is 1. The molecular formula is C19H28N2O4. The van der Waals surface area contributed by atoms with Gasteiger partial charge in [0.25, 0.3) is 0 Å². The van der Waals surface area contributed by atoms with Gasteiger partial charge in [-0.3, -0.25) is 9.59 Å². The molecule has 2 N–H and O–H groups in total. The molecule has 0 unspecified atom stereocenters. The summed E-state index contributed by atoms with van der Waals surface area (Å²) in [6, 6.07) is 1.97. The average Bonchev–Trinajstić information content (AvgIpc) is 3.33. The van der Waals surface area contributed by atoms with Crippen LogP contribution in [-0.4, -0.2) is 34.1 Å². The van der Waals surface area contributed by atoms with Gasteiger partial charge in [-0.1, -0.05) is 12.1 Å². The maximum Gasteiger partial charge on any atom is 0.222 e. The highest BCUT2D eigenvalue weighted by atomic mass is 16.5. The van der Waals surface area contributed by atoms with Gasteiger partial charge < -0.3 is 14.9 Å². The van der Waals surface area contributed by atoms with Crippen molar-refractivity contribution < 1.29 is 19.2 Å². The summed E-state index contributed by atoms with van der Waals surface area (Å²) in [6.07, 6.45) is 6.61. The molecular weight excluding hydrogens is 320 g/mol. The summed E-state index contributed by atoms with van der Waals surface area (Å²) in [7, 11) is 0. The van der Waals surface area contributed by atoms with Gasteiger partial charge in [-0.05, 0) is 50.9 Å². The minimum absolute atomic E-state index is 0.0641. The molecule has 3 rings (SSSR count). The molecule has 2 aliphatic carbocycles. The van der Waals surface area contributed by atoms with Crippen LogP contribution in [0.25, 0.3) is 0 Å². The summed E-state index contributed by atoms with van der Waals surface area (Å²) in [5.41, 5.74) is 0.464. The summed E-state index contributed by atoms with van der Waals surface area (Å²) >= 11 is 0. The first-order chi connectivity index (χ1) is 12.0. The molecule has 1 atom stereocenters. The van der Waals surface area contributed by atoms with Crippen LogP contribution in [0.3, 0.4) is 0 Å². The van der Waals surface area contributed by atoms with Gasteiger partial charge in [0.2, 0.25) is 5.91 Å². The maximum atomic E-state index is 12.4. The van der Waals surface area contributed by atoms with Crippen molar-refractivity contribution in [3.63, 3.8) is 0 Å². The largest absolute Gasteiger partial charge is 0.393 e. The normalized spacial score (nSPS) is 24.7. The van der Waals surface area contributed by atoms with E-state index < -0.39 is 6.10 Å². The Labute approximate surface area is 148 Å². The number of ketones is 1. The molecule has 0 aliphatic heterocycles. The third-order valence-electron chi connectivity index (χ3n) is 5.37. The highest BCUT2D eigenvalue weighted by molar-refractivity contribution is 5.94. The highest BCUT2D eigenvalue weighted by Gasteiger charge is 2.30. The van der Waals surface area contributed by atoms with Crippen LogP contribution >= 0.6 is 0 Å². The minimum Gasteiger partial charge on any atom is -0.393 e. The maximum absolute atomic E-state index is 12.4. The number of nitrogens with one attached hydrogen (secondary N) is 1. The molecule has 2 aliphatic rings. The van der Waals surface area contributed by atoms with Gasteiger partial charge in [-0.2, -0.15) is 0 Å². The monoisotopic (exact) mass is 348 g/mol. The number of aliphatic hydroxyl groups is 1. The lowest BCUT2D eigenvalue weighted by atomic mass is 9.82. The van der Waals surface area contributed by atoms with E-state index in [9.17, 15) is 14.7 Å². The second kappa shape index (κ2) is 8.13. The third kappa shape index (κ3) is 5.14. The Morgan fingerprint density at radius 2 is 2.00 bits per heavy atom. The quantitative estimate of drug-likeness (QED) is 0.705. The summed E-state index contributed by atoms with van der Waals surface area (Å²) < 4.78 is 5.26. The molecule has 0 saturated heterocycles. The number of hydrogen-bond acceptors (Lipinski definition) is 5. The lowest BCUT2D eigenvalue weighted by Crippen LogP contribution is -2.39. The number of hydrogen-bond donors (Lipinski definition) is 2. The first-order valence-electron chi connectivity index (χ1n) is 9.52. The van der Waals surface area contributed by atoms with Gasteiger partial charge in [0.15, 0.2) is 5.78 Å². The van der Waals surface area contributed by atoms with Gasteiger partial charge >= 0.3 is 0 Å². The van der Waals surface area contributed by atoms with Crippen molar-refractivity contribution in [3.05, 3.63) is 17.5 Å². The summed E-state index contributed by atoms with van der Waals surface area (Å²) in [6.45, 7) is 1.86. The van der Waals surface area contributed by atoms with Crippen LogP contribution in [0.4, 0.5) is 0 Å². The van der Waals surface area contributed by atoms with Crippen molar-refractivity contribution >= 4 is 11.7 Å². The van der Waals surface area contributed by atoms with Gasteiger partial charge in [0.05, 0.1) is 12.5 Å². The fourth-order valence-electron chi connectivity index (χ4n) is 3.50. The predicted molar refractivity (Wildman–Crippen MR) is 92.2 cm³/mol. The van der Waals surface area contributed by atoms with E-state index in [1.165, 1.54) is 0 Å². The molecule has 0 bridgehead atoms. The summed E-state index contributed by atoms with van der Waals surface area (Å²) in [5.74, 6) is 1.66. The van der Waals surface area contributed by atoms with E-state index in [1.54, 1.807) is 0 Å². The van der Waals surface area contributed by atoms with Crippen molar-refractivity contribution in [2.75, 3.05) is 0 Å². The highest BCUT2D eigenvalue weighted by Crippen LogP contribution is 2.40. The Morgan fingerprint density at radius 1 is 1.28 bits per heavy atom. The van der Waals surface area contributed by atoms with Crippen LogP contribution < -0.4 is 5.32 Å². The molecule has 0 aromatic carbocycles. The van der Waals surface area contributed by atoms with Crippen molar-refractivity contribution in [1.29, 1.82) is 0 Å². The molecule has 1 aromatic heterocycles. The number of carbonyl (C=O) groups excluding carboxylic acids is 2. The van der Waals surface area contributed by atoms with E-state index in [2.05, 4.69) is 10.5 Å². The van der Waals surface area contributed by atoms with E-state index in [0.29, 0.717) is 30.4 Å². The lowest BCUT2D eigenvalue weighted by Gasteiger charge is -2.28. The van der Waals surface area contributed by atoms with Crippen LogP contribution in [0.2, 0.25) is 0 Å². The molecule has 6 nitrogen and oxygen atoms in total. The van der Waals surface area contributed by atoms with Gasteiger partial charge in [-0.15, -0.1) is 0 Å². The zero-order chi connectivity index (χ0) is 17.8. The molecule has 138 valence electrons. The fraction of sp³-hybridized carbons (Fsp3) is 0.737. The van der Waals surface area contributed by atoms with E-state index >= 15 is 0 Å². The van der Waals surface area contributed by atoms with E-state index in [-0.39, 0.29) is 24.2 Å². The summed E-state index contributed by atoms with van der Waals surface area (Å²) in [5, 5.41) is 16.5. The molecule has 6 heteroatoms. The molecule has 2 saturated carbocycles. The first-order valence-corrected chi connectivity index (χ1v) is 9.52. The summed E-state index contributed by atoms with van der Waals surface area (Å²) in [4.78, 5) is 24.2. The van der Waals surface area contributed by atoms with E-state index in [4.69, 9.17) is 4.52 Å². The number of nitrogens with zero attached hydrogens (tertiary/aromatic N) is 1. The Bertz CT molecular complexity index is 600. The van der Waals surface area contributed by atoms with E-state index in [1.807, 2.05) is 13.0 Å². The number of Topliss-reactive ketones (excluding diaryl/α,β-unsaturated/α-hetero) is 1. The standard InChI is InChI=1S/C19H28N2O4/c1-2-15(22)10-19(24)20-14-7-3-12(4-8-14)9-17(23)16-11-18(25-21-16)13-5-6-13/h11-15,22H,2-10H2,1H3,(H,20,24)/t12?,14?,15-/m1/s1. The zero-order valence-electron chi connectivity index (χ0n) is 14.9. The van der Waals surface area contributed by atoms with Crippen LogP contribution in [0.15, 0.2) is 10.6 Å². The number of aliphatic hydroxyl groups excluding tert-OH is 1. The van der Waals surface area contributed by atoms with Crippen molar-refractivity contribution in [2.24, 2.45) is 5.92 Å². The van der Waals surface area contributed by atoms with Crippen molar-refractivity contribution in [1.82, 2.24) is 10.5 Å². The SMILES string of the molecule is CC[C@@H](O)CC(=O)NC1CCC(CC(=O)c2cc(C3CC3)on2)CC1. The second-order valence-electron chi connectivity index (χ2n) is 7.57. The second-order valence-corrected chi connectivity index (χ2v) is 7.57. The Kier molecular flexibility index (Phi) is 5.89. The number of rotatable bonds is 8. The predicted octanol–water partition coefficient (Wildman–Crippen LogP) is 2.96. The zero-order valence-corrected chi connectivity index (χ0v) is 14.9. The Morgan fingerprint density at radius 3 is 2.64 bits per heavy atom. The molecule has 2 fully saturated rings. The first kappa shape index (κ1) is 18.1. The average molecular weight is 348 g/mol.